The predicted molar refractivity (Wildman–Crippen MR) is 50.8 cm³/mol. The molecule has 0 unspecified atom stereocenters. The normalized spacial score (nSPS) is 11.4. The quantitative estimate of drug-likeness (QED) is 0.376. The van der Waals surface area contributed by atoms with Crippen LogP contribution in [0.3, 0.4) is 0 Å². The van der Waals surface area contributed by atoms with Gasteiger partial charge in [0.1, 0.15) is 0 Å². The van der Waals surface area contributed by atoms with Gasteiger partial charge in [-0.05, 0) is 25.8 Å². The molecule has 0 amide bonds. The van der Waals surface area contributed by atoms with E-state index in [1.54, 1.807) is 6.26 Å². The van der Waals surface area contributed by atoms with E-state index in [0.717, 1.165) is 17.6 Å². The highest BCUT2D eigenvalue weighted by Crippen LogP contribution is 2.00. The zero-order valence-corrected chi connectivity index (χ0v) is 7.97. The van der Waals surface area contributed by atoms with E-state index in [9.17, 15) is 0 Å². The van der Waals surface area contributed by atoms with Gasteiger partial charge in [0.25, 0.3) is 0 Å². The molecule has 0 bridgehead atoms. The summed E-state index contributed by atoms with van der Waals surface area (Å²) in [5.41, 5.74) is 2.20. The van der Waals surface area contributed by atoms with Gasteiger partial charge in [-0.3, -0.25) is 0 Å². The van der Waals surface area contributed by atoms with Crippen molar-refractivity contribution in [3.63, 3.8) is 0 Å². The second-order valence-corrected chi connectivity index (χ2v) is 3.02. The second kappa shape index (κ2) is 6.92. The van der Waals surface area contributed by atoms with Crippen LogP contribution in [0, 0.1) is 0 Å². The van der Waals surface area contributed by atoms with Crippen molar-refractivity contribution in [2.45, 2.75) is 26.7 Å². The largest absolute Gasteiger partial charge is 0.501 e. The van der Waals surface area contributed by atoms with Crippen LogP contribution in [-0.2, 0) is 4.74 Å². The van der Waals surface area contributed by atoms with Crippen molar-refractivity contribution in [2.24, 2.45) is 0 Å². The number of ether oxygens (including phenoxy) is 1. The van der Waals surface area contributed by atoms with Crippen LogP contribution in [0.25, 0.3) is 0 Å². The van der Waals surface area contributed by atoms with E-state index in [4.69, 9.17) is 9.84 Å². The zero-order valence-electron chi connectivity index (χ0n) is 7.97. The molecule has 0 spiro atoms. The molecule has 0 aliphatic rings. The number of aliphatic hydroxyl groups is 1. The van der Waals surface area contributed by atoms with Crippen LogP contribution in [0.1, 0.15) is 26.7 Å². The van der Waals surface area contributed by atoms with Crippen molar-refractivity contribution in [3.05, 3.63) is 24.0 Å². The second-order valence-electron chi connectivity index (χ2n) is 3.02. The number of hydrogen-bond acceptors (Lipinski definition) is 2. The van der Waals surface area contributed by atoms with E-state index < -0.39 is 0 Å². The minimum atomic E-state index is 0.187. The smallest absolute Gasteiger partial charge is 0.0910 e. The third-order valence-electron chi connectivity index (χ3n) is 1.44. The molecule has 70 valence electrons. The SMILES string of the molecule is C=C(C)CCOC=C(C)CCO. The summed E-state index contributed by atoms with van der Waals surface area (Å²) in [5, 5.41) is 8.57. The molecule has 0 saturated carbocycles. The van der Waals surface area contributed by atoms with Crippen molar-refractivity contribution in [3.8, 4) is 0 Å². The lowest BCUT2D eigenvalue weighted by atomic mass is 10.2. The van der Waals surface area contributed by atoms with Crippen LogP contribution in [-0.4, -0.2) is 18.3 Å². The van der Waals surface area contributed by atoms with Crippen molar-refractivity contribution in [1.29, 1.82) is 0 Å². The van der Waals surface area contributed by atoms with Crippen LogP contribution < -0.4 is 0 Å². The summed E-state index contributed by atoms with van der Waals surface area (Å²) in [6, 6.07) is 0. The first kappa shape index (κ1) is 11.2. The van der Waals surface area contributed by atoms with Crippen molar-refractivity contribution in [2.75, 3.05) is 13.2 Å². The fourth-order valence-corrected chi connectivity index (χ4v) is 0.670. The Kier molecular flexibility index (Phi) is 6.48. The van der Waals surface area contributed by atoms with Crippen molar-refractivity contribution >= 4 is 0 Å². The summed E-state index contributed by atoms with van der Waals surface area (Å²) in [5.74, 6) is 0. The number of rotatable bonds is 6. The molecule has 1 N–H and O–H groups in total. The molecule has 0 rings (SSSR count). The Morgan fingerprint density at radius 1 is 1.42 bits per heavy atom. The Hall–Kier alpha value is -0.760. The van der Waals surface area contributed by atoms with Gasteiger partial charge < -0.3 is 9.84 Å². The molecule has 0 aromatic heterocycles. The van der Waals surface area contributed by atoms with E-state index in [0.29, 0.717) is 13.0 Å². The molecular formula is C10H18O2. The average Bonchev–Trinajstić information content (AvgIpc) is 1.98. The minimum Gasteiger partial charge on any atom is -0.501 e. The van der Waals surface area contributed by atoms with Crippen LogP contribution in [0.15, 0.2) is 24.0 Å². The summed E-state index contributed by atoms with van der Waals surface area (Å²) >= 11 is 0. The van der Waals surface area contributed by atoms with E-state index in [1.165, 1.54) is 0 Å². The molecule has 12 heavy (non-hydrogen) atoms. The first-order valence-electron chi connectivity index (χ1n) is 4.19. The van der Waals surface area contributed by atoms with Gasteiger partial charge in [0.15, 0.2) is 0 Å². The summed E-state index contributed by atoms with van der Waals surface area (Å²) in [7, 11) is 0. The van der Waals surface area contributed by atoms with Crippen LogP contribution in [0.2, 0.25) is 0 Å². The molecule has 0 aliphatic heterocycles. The Morgan fingerprint density at radius 3 is 2.58 bits per heavy atom. The zero-order chi connectivity index (χ0) is 9.40. The van der Waals surface area contributed by atoms with Gasteiger partial charge in [-0.1, -0.05) is 5.57 Å². The third-order valence-corrected chi connectivity index (χ3v) is 1.44. The highest BCUT2D eigenvalue weighted by atomic mass is 16.5. The molecule has 2 nitrogen and oxygen atoms in total. The lowest BCUT2D eigenvalue weighted by Crippen LogP contribution is -1.90. The van der Waals surface area contributed by atoms with Gasteiger partial charge >= 0.3 is 0 Å². The Labute approximate surface area is 74.6 Å². The van der Waals surface area contributed by atoms with E-state index >= 15 is 0 Å². The molecule has 0 heterocycles. The van der Waals surface area contributed by atoms with Crippen LogP contribution >= 0.6 is 0 Å². The van der Waals surface area contributed by atoms with Gasteiger partial charge in [-0.15, -0.1) is 6.58 Å². The van der Waals surface area contributed by atoms with Gasteiger partial charge in [0.2, 0.25) is 0 Å². The first-order valence-corrected chi connectivity index (χ1v) is 4.19. The Morgan fingerprint density at radius 2 is 2.08 bits per heavy atom. The van der Waals surface area contributed by atoms with E-state index in [1.807, 2.05) is 13.8 Å². The molecule has 0 fully saturated rings. The summed E-state index contributed by atoms with van der Waals surface area (Å²) < 4.78 is 5.22. The van der Waals surface area contributed by atoms with Crippen LogP contribution in [0.4, 0.5) is 0 Å². The number of hydrogen-bond donors (Lipinski definition) is 1. The maximum Gasteiger partial charge on any atom is 0.0910 e. The Balaban J connectivity index is 3.39. The lowest BCUT2D eigenvalue weighted by molar-refractivity contribution is 0.245. The number of aliphatic hydroxyl groups excluding tert-OH is 1. The highest BCUT2D eigenvalue weighted by molar-refractivity contribution is 4.93. The third kappa shape index (κ3) is 7.35. The molecule has 0 radical (unpaired) electrons. The monoisotopic (exact) mass is 170 g/mol. The maximum absolute atomic E-state index is 8.57. The summed E-state index contributed by atoms with van der Waals surface area (Å²) in [6.07, 6.45) is 3.29. The molecule has 0 aliphatic carbocycles. The van der Waals surface area contributed by atoms with Gasteiger partial charge in [0.05, 0.1) is 12.9 Å². The van der Waals surface area contributed by atoms with Gasteiger partial charge in [-0.25, -0.2) is 0 Å². The van der Waals surface area contributed by atoms with Gasteiger partial charge in [-0.2, -0.15) is 0 Å². The standard InChI is InChI=1S/C10H18O2/c1-9(2)5-7-12-8-10(3)4-6-11/h8,11H,1,4-7H2,2-3H3. The van der Waals surface area contributed by atoms with E-state index in [2.05, 4.69) is 6.58 Å². The van der Waals surface area contributed by atoms with Crippen molar-refractivity contribution in [1.82, 2.24) is 0 Å². The Bertz CT molecular complexity index is 159. The average molecular weight is 170 g/mol. The molecule has 0 aromatic rings. The molecule has 0 atom stereocenters. The fraction of sp³-hybridized carbons (Fsp3) is 0.600. The summed E-state index contributed by atoms with van der Waals surface area (Å²) in [4.78, 5) is 0. The first-order chi connectivity index (χ1) is 5.66. The van der Waals surface area contributed by atoms with Crippen molar-refractivity contribution < 1.29 is 9.84 Å². The molecule has 0 saturated heterocycles. The topological polar surface area (TPSA) is 29.5 Å². The molecule has 2 heteroatoms. The van der Waals surface area contributed by atoms with Gasteiger partial charge in [0, 0.05) is 13.0 Å². The van der Waals surface area contributed by atoms with E-state index in [-0.39, 0.29) is 6.61 Å². The molecular weight excluding hydrogens is 152 g/mol. The van der Waals surface area contributed by atoms with Crippen LogP contribution in [0.5, 0.6) is 0 Å². The highest BCUT2D eigenvalue weighted by Gasteiger charge is 1.89. The summed E-state index contributed by atoms with van der Waals surface area (Å²) in [6.45, 7) is 8.55. The fourth-order valence-electron chi connectivity index (χ4n) is 0.670. The lowest BCUT2D eigenvalue weighted by Gasteiger charge is -2.02. The molecule has 0 aromatic carbocycles. The predicted octanol–water partition coefficient (Wildman–Crippen LogP) is 2.26. The minimum absolute atomic E-state index is 0.187. The maximum atomic E-state index is 8.57.